The lowest BCUT2D eigenvalue weighted by atomic mass is 10.4. The molecule has 17 heavy (non-hydrogen) atoms. The van der Waals surface area contributed by atoms with E-state index in [0.29, 0.717) is 5.82 Å². The highest BCUT2D eigenvalue weighted by molar-refractivity contribution is 5.44. The molecule has 1 fully saturated rings. The second kappa shape index (κ2) is 5.31. The first-order valence-electron chi connectivity index (χ1n) is 6.26. The highest BCUT2D eigenvalue weighted by Gasteiger charge is 2.25. The smallest absolute Gasteiger partial charge is 0.132 e. The van der Waals surface area contributed by atoms with Crippen LogP contribution in [0.1, 0.15) is 25.6 Å². The van der Waals surface area contributed by atoms with Crippen LogP contribution in [-0.4, -0.2) is 41.0 Å². The first-order chi connectivity index (χ1) is 8.19. The summed E-state index contributed by atoms with van der Waals surface area (Å²) in [6.07, 6.45) is 3.50. The minimum atomic E-state index is 0.537. The normalized spacial score (nSPS) is 15.2. The molecule has 1 aliphatic carbocycles. The van der Waals surface area contributed by atoms with Crippen LogP contribution in [0.4, 0.5) is 11.6 Å². The Hall–Kier alpha value is -1.36. The second-order valence-corrected chi connectivity index (χ2v) is 4.59. The van der Waals surface area contributed by atoms with Gasteiger partial charge in [-0.05, 0) is 19.9 Å². The van der Waals surface area contributed by atoms with Crippen molar-refractivity contribution in [2.45, 2.75) is 32.2 Å². The summed E-state index contributed by atoms with van der Waals surface area (Å²) in [5.74, 6) is 2.16. The van der Waals surface area contributed by atoms with Crippen LogP contribution in [0.2, 0.25) is 0 Å². The molecule has 1 aliphatic rings. The van der Waals surface area contributed by atoms with E-state index in [1.807, 2.05) is 6.92 Å². The van der Waals surface area contributed by atoms with Crippen molar-refractivity contribution in [3.05, 3.63) is 11.9 Å². The van der Waals surface area contributed by atoms with Crippen molar-refractivity contribution < 1.29 is 0 Å². The van der Waals surface area contributed by atoms with Crippen LogP contribution in [0, 0.1) is 0 Å². The molecule has 5 heteroatoms. The fourth-order valence-corrected chi connectivity index (χ4v) is 1.82. The Morgan fingerprint density at radius 2 is 2.24 bits per heavy atom. The number of nitrogens with one attached hydrogen (secondary N) is 1. The lowest BCUT2D eigenvalue weighted by Gasteiger charge is -2.16. The van der Waals surface area contributed by atoms with Gasteiger partial charge in [0.05, 0.1) is 0 Å². The number of likely N-dealkylation sites (N-methyl/N-ethyl adjacent to an activating group) is 1. The summed E-state index contributed by atoms with van der Waals surface area (Å²) in [5, 5.41) is 3.30. The number of hydrogen-bond acceptors (Lipinski definition) is 5. The van der Waals surface area contributed by atoms with Crippen LogP contribution < -0.4 is 11.1 Å². The van der Waals surface area contributed by atoms with Gasteiger partial charge in [0.15, 0.2) is 0 Å². The summed E-state index contributed by atoms with van der Waals surface area (Å²) >= 11 is 0. The number of nitrogens with two attached hydrogens (primary N) is 1. The van der Waals surface area contributed by atoms with Gasteiger partial charge in [0.25, 0.3) is 0 Å². The summed E-state index contributed by atoms with van der Waals surface area (Å²) in [7, 11) is 2.17. The number of aromatic nitrogens is 2. The van der Waals surface area contributed by atoms with Gasteiger partial charge in [0, 0.05) is 31.6 Å². The number of nitrogen functional groups attached to an aromatic ring is 1. The average Bonchev–Trinajstić information content (AvgIpc) is 3.12. The zero-order valence-corrected chi connectivity index (χ0v) is 10.6. The summed E-state index contributed by atoms with van der Waals surface area (Å²) < 4.78 is 0. The molecule has 94 valence electrons. The molecule has 0 spiro atoms. The second-order valence-electron chi connectivity index (χ2n) is 4.59. The number of aryl methyl sites for hydroxylation is 1. The first-order valence-corrected chi connectivity index (χ1v) is 6.26. The largest absolute Gasteiger partial charge is 0.384 e. The van der Waals surface area contributed by atoms with E-state index in [9.17, 15) is 0 Å². The Kier molecular flexibility index (Phi) is 3.78. The van der Waals surface area contributed by atoms with Gasteiger partial charge in [-0.15, -0.1) is 0 Å². The summed E-state index contributed by atoms with van der Waals surface area (Å²) in [4.78, 5) is 10.9. The van der Waals surface area contributed by atoms with Gasteiger partial charge in [0.1, 0.15) is 17.5 Å². The molecule has 3 N–H and O–H groups in total. The maximum absolute atomic E-state index is 5.72. The van der Waals surface area contributed by atoms with Crippen molar-refractivity contribution in [3.8, 4) is 0 Å². The SMILES string of the molecule is CCc1nc(N)cc(NCCN(C)C2CC2)n1. The standard InChI is InChI=1S/C12H21N5/c1-3-11-15-10(13)8-12(16-11)14-6-7-17(2)9-4-5-9/h8-9H,3-7H2,1-2H3,(H3,13,14,15,16). The van der Waals surface area contributed by atoms with Crippen molar-refractivity contribution in [1.29, 1.82) is 0 Å². The number of anilines is 2. The molecule has 1 saturated carbocycles. The Morgan fingerprint density at radius 3 is 2.88 bits per heavy atom. The number of rotatable bonds is 6. The van der Waals surface area contributed by atoms with E-state index in [1.165, 1.54) is 12.8 Å². The van der Waals surface area contributed by atoms with Crippen molar-refractivity contribution in [2.24, 2.45) is 0 Å². The van der Waals surface area contributed by atoms with Gasteiger partial charge in [-0.2, -0.15) is 0 Å². The topological polar surface area (TPSA) is 67.1 Å². The maximum atomic E-state index is 5.72. The lowest BCUT2D eigenvalue weighted by Crippen LogP contribution is -2.27. The molecule has 0 aromatic carbocycles. The molecule has 0 atom stereocenters. The Bertz CT molecular complexity index is 375. The van der Waals surface area contributed by atoms with Crippen LogP contribution in [0.5, 0.6) is 0 Å². The molecule has 1 aromatic rings. The van der Waals surface area contributed by atoms with E-state index in [-0.39, 0.29) is 0 Å². The number of nitrogens with zero attached hydrogens (tertiary/aromatic N) is 3. The molecule has 0 amide bonds. The van der Waals surface area contributed by atoms with Gasteiger partial charge in [-0.3, -0.25) is 0 Å². The van der Waals surface area contributed by atoms with Crippen LogP contribution >= 0.6 is 0 Å². The fraction of sp³-hybridized carbons (Fsp3) is 0.667. The third-order valence-corrected chi connectivity index (χ3v) is 3.05. The van der Waals surface area contributed by atoms with E-state index >= 15 is 0 Å². The number of hydrogen-bond donors (Lipinski definition) is 2. The van der Waals surface area contributed by atoms with Gasteiger partial charge in [-0.25, -0.2) is 9.97 Å². The highest BCUT2D eigenvalue weighted by atomic mass is 15.2. The molecule has 0 saturated heterocycles. The zero-order chi connectivity index (χ0) is 12.3. The maximum Gasteiger partial charge on any atom is 0.132 e. The first kappa shape index (κ1) is 12.1. The highest BCUT2D eigenvalue weighted by Crippen LogP contribution is 2.24. The third-order valence-electron chi connectivity index (χ3n) is 3.05. The van der Waals surface area contributed by atoms with Gasteiger partial charge in [0.2, 0.25) is 0 Å². The summed E-state index contributed by atoms with van der Waals surface area (Å²) in [6.45, 7) is 3.96. The summed E-state index contributed by atoms with van der Waals surface area (Å²) in [6, 6.07) is 2.59. The molecule has 0 radical (unpaired) electrons. The van der Waals surface area contributed by atoms with Crippen molar-refractivity contribution in [1.82, 2.24) is 14.9 Å². The van der Waals surface area contributed by atoms with E-state index in [2.05, 4.69) is 27.2 Å². The molecule has 0 bridgehead atoms. The van der Waals surface area contributed by atoms with Crippen LogP contribution in [0.25, 0.3) is 0 Å². The minimum absolute atomic E-state index is 0.537. The third kappa shape index (κ3) is 3.56. The van der Waals surface area contributed by atoms with Crippen molar-refractivity contribution in [2.75, 3.05) is 31.2 Å². The molecular weight excluding hydrogens is 214 g/mol. The summed E-state index contributed by atoms with van der Waals surface area (Å²) in [5.41, 5.74) is 5.72. The predicted octanol–water partition coefficient (Wildman–Crippen LogP) is 1.13. The van der Waals surface area contributed by atoms with E-state index < -0.39 is 0 Å². The molecular formula is C12H21N5. The van der Waals surface area contributed by atoms with Crippen LogP contribution in [0.15, 0.2) is 6.07 Å². The van der Waals surface area contributed by atoms with Gasteiger partial charge in [-0.1, -0.05) is 6.92 Å². The fourth-order valence-electron chi connectivity index (χ4n) is 1.82. The quantitative estimate of drug-likeness (QED) is 0.773. The molecule has 2 rings (SSSR count). The van der Waals surface area contributed by atoms with Gasteiger partial charge < -0.3 is 16.0 Å². The molecule has 1 heterocycles. The molecule has 0 unspecified atom stereocenters. The Morgan fingerprint density at radius 1 is 1.47 bits per heavy atom. The minimum Gasteiger partial charge on any atom is -0.384 e. The average molecular weight is 235 g/mol. The van der Waals surface area contributed by atoms with E-state index in [1.54, 1.807) is 6.07 Å². The zero-order valence-electron chi connectivity index (χ0n) is 10.6. The van der Waals surface area contributed by atoms with Crippen LogP contribution in [0.3, 0.4) is 0 Å². The van der Waals surface area contributed by atoms with Gasteiger partial charge >= 0.3 is 0 Å². The monoisotopic (exact) mass is 235 g/mol. The van der Waals surface area contributed by atoms with E-state index in [4.69, 9.17) is 5.73 Å². The van der Waals surface area contributed by atoms with Crippen molar-refractivity contribution in [3.63, 3.8) is 0 Å². The lowest BCUT2D eigenvalue weighted by molar-refractivity contribution is 0.337. The molecule has 0 aliphatic heterocycles. The Balaban J connectivity index is 1.83. The van der Waals surface area contributed by atoms with E-state index in [0.717, 1.165) is 37.2 Å². The molecule has 1 aromatic heterocycles. The predicted molar refractivity (Wildman–Crippen MR) is 70.0 cm³/mol. The van der Waals surface area contributed by atoms with Crippen molar-refractivity contribution >= 4 is 11.6 Å². The Labute approximate surface area is 102 Å². The van der Waals surface area contributed by atoms with Crippen LogP contribution in [-0.2, 0) is 6.42 Å². The molecule has 5 nitrogen and oxygen atoms in total.